The number of carbonyl (C=O) groups is 2. The van der Waals surface area contributed by atoms with Crippen LogP contribution in [-0.2, 0) is 11.2 Å². The van der Waals surface area contributed by atoms with E-state index in [1.54, 1.807) is 4.90 Å². The van der Waals surface area contributed by atoms with Gasteiger partial charge in [-0.3, -0.25) is 19.7 Å². The predicted molar refractivity (Wildman–Crippen MR) is 92.5 cm³/mol. The first kappa shape index (κ1) is 15.3. The van der Waals surface area contributed by atoms with Gasteiger partial charge in [0.25, 0.3) is 11.6 Å². The molecule has 0 atom stereocenters. The molecule has 0 aliphatic carbocycles. The zero-order valence-electron chi connectivity index (χ0n) is 13.3. The first-order valence-corrected chi connectivity index (χ1v) is 8.01. The number of amides is 1. The Bertz CT molecular complexity index is 944. The molecule has 2 aromatic carbocycles. The first-order valence-electron chi connectivity index (χ1n) is 8.01. The quantitative estimate of drug-likeness (QED) is 0.374. The molecule has 6 heteroatoms. The van der Waals surface area contributed by atoms with E-state index >= 15 is 0 Å². The van der Waals surface area contributed by atoms with Gasteiger partial charge in [-0.25, -0.2) is 0 Å². The van der Waals surface area contributed by atoms with E-state index in [-0.39, 0.29) is 17.4 Å². The van der Waals surface area contributed by atoms with Crippen LogP contribution in [0, 0.1) is 10.1 Å². The van der Waals surface area contributed by atoms with Crippen molar-refractivity contribution in [1.82, 2.24) is 0 Å². The van der Waals surface area contributed by atoms with Gasteiger partial charge in [0.15, 0.2) is 5.78 Å². The molecular weight excluding hydrogens is 320 g/mol. The topological polar surface area (TPSA) is 80.5 Å². The van der Waals surface area contributed by atoms with Crippen LogP contribution in [-0.4, -0.2) is 23.2 Å². The molecule has 0 N–H and O–H groups in total. The van der Waals surface area contributed by atoms with Crippen LogP contribution in [0.2, 0.25) is 0 Å². The fourth-order valence-corrected chi connectivity index (χ4v) is 3.43. The molecule has 2 aliphatic heterocycles. The van der Waals surface area contributed by atoms with Crippen molar-refractivity contribution in [3.8, 4) is 0 Å². The lowest BCUT2D eigenvalue weighted by Crippen LogP contribution is -2.31. The standard InChI is InChI=1S/C19H14N2O4/c22-17(12-6-8-14(9-7-12)21(24)25)11-16-15-5-1-3-13-4-2-10-20(18(13)15)19(16)23/h1,3,5-9,11H,2,4,10H2/b16-11-. The minimum Gasteiger partial charge on any atom is -0.307 e. The summed E-state index contributed by atoms with van der Waals surface area (Å²) in [6.07, 6.45) is 3.18. The summed E-state index contributed by atoms with van der Waals surface area (Å²) >= 11 is 0. The van der Waals surface area contributed by atoms with E-state index in [1.165, 1.54) is 30.3 Å². The van der Waals surface area contributed by atoms with Gasteiger partial charge in [-0.05, 0) is 36.6 Å². The number of aryl methyl sites for hydroxylation is 1. The van der Waals surface area contributed by atoms with Crippen LogP contribution in [0.4, 0.5) is 11.4 Å². The lowest BCUT2D eigenvalue weighted by molar-refractivity contribution is -0.384. The largest absolute Gasteiger partial charge is 0.307 e. The van der Waals surface area contributed by atoms with Crippen molar-refractivity contribution in [3.63, 3.8) is 0 Å². The number of allylic oxidation sites excluding steroid dienone is 1. The number of hydrogen-bond donors (Lipinski definition) is 0. The van der Waals surface area contributed by atoms with Gasteiger partial charge < -0.3 is 4.90 Å². The molecule has 2 aromatic rings. The van der Waals surface area contributed by atoms with Crippen molar-refractivity contribution in [2.24, 2.45) is 0 Å². The Balaban J connectivity index is 1.72. The average Bonchev–Trinajstić information content (AvgIpc) is 2.90. The minimum absolute atomic E-state index is 0.0757. The summed E-state index contributed by atoms with van der Waals surface area (Å²) in [4.78, 5) is 37.2. The highest BCUT2D eigenvalue weighted by Crippen LogP contribution is 2.42. The van der Waals surface area contributed by atoms with Crippen molar-refractivity contribution in [2.45, 2.75) is 12.8 Å². The van der Waals surface area contributed by atoms with E-state index < -0.39 is 4.92 Å². The Labute approximate surface area is 143 Å². The zero-order valence-corrected chi connectivity index (χ0v) is 13.3. The van der Waals surface area contributed by atoms with Gasteiger partial charge in [0.2, 0.25) is 0 Å². The number of non-ortho nitro benzene ring substituents is 1. The number of benzene rings is 2. The molecule has 0 unspecified atom stereocenters. The number of nitro benzene ring substituents is 1. The summed E-state index contributed by atoms with van der Waals surface area (Å²) in [5, 5.41) is 10.7. The predicted octanol–water partition coefficient (Wildman–Crippen LogP) is 3.15. The molecule has 0 spiro atoms. The molecule has 1 amide bonds. The van der Waals surface area contributed by atoms with Crippen molar-refractivity contribution in [2.75, 3.05) is 11.4 Å². The van der Waals surface area contributed by atoms with Crippen LogP contribution in [0.15, 0.2) is 48.5 Å². The van der Waals surface area contributed by atoms with Crippen LogP contribution in [0.1, 0.15) is 27.9 Å². The maximum atomic E-state index is 12.7. The summed E-state index contributed by atoms with van der Waals surface area (Å²) in [5.41, 5.74) is 3.47. The third kappa shape index (κ3) is 2.42. The van der Waals surface area contributed by atoms with Gasteiger partial charge in [-0.15, -0.1) is 0 Å². The average molecular weight is 334 g/mol. The van der Waals surface area contributed by atoms with Gasteiger partial charge >= 0.3 is 0 Å². The summed E-state index contributed by atoms with van der Waals surface area (Å²) < 4.78 is 0. The van der Waals surface area contributed by atoms with Gasteiger partial charge in [-0.2, -0.15) is 0 Å². The molecule has 0 fully saturated rings. The van der Waals surface area contributed by atoms with Gasteiger partial charge in [0, 0.05) is 29.8 Å². The lowest BCUT2D eigenvalue weighted by atomic mass is 9.98. The number of para-hydroxylation sites is 1. The highest BCUT2D eigenvalue weighted by Gasteiger charge is 2.36. The van der Waals surface area contributed by atoms with E-state index in [9.17, 15) is 19.7 Å². The van der Waals surface area contributed by atoms with Crippen LogP contribution < -0.4 is 4.90 Å². The number of anilines is 1. The van der Waals surface area contributed by atoms with Crippen LogP contribution in [0.25, 0.3) is 5.57 Å². The number of nitro groups is 1. The molecule has 6 nitrogen and oxygen atoms in total. The molecule has 0 radical (unpaired) electrons. The van der Waals surface area contributed by atoms with Crippen molar-refractivity contribution >= 4 is 28.6 Å². The van der Waals surface area contributed by atoms with Crippen LogP contribution >= 0.6 is 0 Å². The van der Waals surface area contributed by atoms with Gasteiger partial charge in [0.05, 0.1) is 16.2 Å². The second-order valence-corrected chi connectivity index (χ2v) is 6.10. The fourth-order valence-electron chi connectivity index (χ4n) is 3.43. The summed E-state index contributed by atoms with van der Waals surface area (Å²) in [6, 6.07) is 11.2. The molecule has 0 bridgehead atoms. The van der Waals surface area contributed by atoms with Crippen molar-refractivity contribution in [1.29, 1.82) is 0 Å². The fraction of sp³-hybridized carbons (Fsp3) is 0.158. The summed E-state index contributed by atoms with van der Waals surface area (Å²) in [7, 11) is 0. The Morgan fingerprint density at radius 2 is 1.92 bits per heavy atom. The molecule has 25 heavy (non-hydrogen) atoms. The lowest BCUT2D eigenvalue weighted by Gasteiger charge is -2.24. The maximum absolute atomic E-state index is 12.7. The molecule has 124 valence electrons. The van der Waals surface area contributed by atoms with E-state index in [0.717, 1.165) is 29.7 Å². The Morgan fingerprint density at radius 3 is 2.64 bits per heavy atom. The second kappa shape index (κ2) is 5.66. The third-order valence-corrected chi connectivity index (χ3v) is 4.62. The van der Waals surface area contributed by atoms with Crippen molar-refractivity contribution in [3.05, 3.63) is 75.3 Å². The number of nitrogens with zero attached hydrogens (tertiary/aromatic N) is 2. The number of hydrogen-bond acceptors (Lipinski definition) is 4. The van der Waals surface area contributed by atoms with Gasteiger partial charge in [0.1, 0.15) is 0 Å². The summed E-state index contributed by atoms with van der Waals surface area (Å²) in [5.74, 6) is -0.492. The molecule has 0 saturated carbocycles. The molecule has 2 aliphatic rings. The van der Waals surface area contributed by atoms with E-state index in [1.807, 2.05) is 18.2 Å². The normalized spacial score (nSPS) is 16.9. The zero-order chi connectivity index (χ0) is 17.6. The second-order valence-electron chi connectivity index (χ2n) is 6.10. The highest BCUT2D eigenvalue weighted by molar-refractivity contribution is 6.36. The smallest absolute Gasteiger partial charge is 0.269 e. The van der Waals surface area contributed by atoms with E-state index in [4.69, 9.17) is 0 Å². The molecule has 4 rings (SSSR count). The third-order valence-electron chi connectivity index (χ3n) is 4.62. The Morgan fingerprint density at radius 1 is 1.16 bits per heavy atom. The molecule has 0 saturated heterocycles. The maximum Gasteiger partial charge on any atom is 0.269 e. The SMILES string of the molecule is O=C(/C=C1\C(=O)N2CCCc3cccc1c32)c1ccc([N+](=O)[O-])cc1. The molecule has 0 aromatic heterocycles. The van der Waals surface area contributed by atoms with E-state index in [2.05, 4.69) is 0 Å². The molecular formula is C19H14N2O4. The van der Waals surface area contributed by atoms with Crippen LogP contribution in [0.3, 0.4) is 0 Å². The number of ketones is 1. The minimum atomic E-state index is -0.516. The van der Waals surface area contributed by atoms with Crippen LogP contribution in [0.5, 0.6) is 0 Å². The Kier molecular flexibility index (Phi) is 3.46. The monoisotopic (exact) mass is 334 g/mol. The van der Waals surface area contributed by atoms with E-state index in [0.29, 0.717) is 17.7 Å². The first-order chi connectivity index (χ1) is 12.1. The Hall–Kier alpha value is -3.28. The number of rotatable bonds is 3. The van der Waals surface area contributed by atoms with Crippen molar-refractivity contribution < 1.29 is 14.5 Å². The highest BCUT2D eigenvalue weighted by atomic mass is 16.6. The van der Waals surface area contributed by atoms with Gasteiger partial charge in [-0.1, -0.05) is 18.2 Å². The summed E-state index contributed by atoms with van der Waals surface area (Å²) in [6.45, 7) is 0.659. The number of carbonyl (C=O) groups excluding carboxylic acids is 2. The molecule has 2 heterocycles.